The van der Waals surface area contributed by atoms with Gasteiger partial charge in [-0.3, -0.25) is 9.47 Å². The molecule has 0 aliphatic carbocycles. The fourth-order valence-electron chi connectivity index (χ4n) is 2.70. The predicted molar refractivity (Wildman–Crippen MR) is 82.1 cm³/mol. The zero-order valence-corrected chi connectivity index (χ0v) is 12.6. The van der Waals surface area contributed by atoms with Gasteiger partial charge in [-0.25, -0.2) is 4.68 Å². The molecule has 4 nitrogen and oxygen atoms in total. The van der Waals surface area contributed by atoms with Crippen molar-refractivity contribution in [2.45, 2.75) is 33.0 Å². The number of aryl methyl sites for hydroxylation is 1. The van der Waals surface area contributed by atoms with Gasteiger partial charge in [-0.1, -0.05) is 30.3 Å². The maximum atomic E-state index is 5.58. The van der Waals surface area contributed by atoms with Crippen molar-refractivity contribution in [2.24, 2.45) is 0 Å². The molecular formula is C15H20N4S. The number of aromatic nitrogens is 3. The average molecular weight is 288 g/mol. The highest BCUT2D eigenvalue weighted by Crippen LogP contribution is 2.11. The molecule has 0 saturated carbocycles. The molecule has 0 radical (unpaired) electrons. The number of hydrogen-bond donors (Lipinski definition) is 0. The Labute approximate surface area is 124 Å². The first kappa shape index (κ1) is 13.5. The van der Waals surface area contributed by atoms with E-state index >= 15 is 0 Å². The molecule has 1 fully saturated rings. The van der Waals surface area contributed by atoms with Crippen molar-refractivity contribution in [3.63, 3.8) is 0 Å². The molecule has 0 unspecified atom stereocenters. The fourth-order valence-corrected chi connectivity index (χ4v) is 3.00. The molecule has 0 atom stereocenters. The minimum Gasteiger partial charge on any atom is -0.300 e. The van der Waals surface area contributed by atoms with Crippen LogP contribution in [0, 0.1) is 11.7 Å². The largest absolute Gasteiger partial charge is 0.300 e. The second-order valence-corrected chi connectivity index (χ2v) is 5.73. The van der Waals surface area contributed by atoms with Gasteiger partial charge >= 0.3 is 0 Å². The first-order valence-electron chi connectivity index (χ1n) is 7.14. The summed E-state index contributed by atoms with van der Waals surface area (Å²) >= 11 is 5.58. The summed E-state index contributed by atoms with van der Waals surface area (Å²) in [6, 6.07) is 10.4. The van der Waals surface area contributed by atoms with E-state index in [9.17, 15) is 0 Å². The molecular weight excluding hydrogens is 268 g/mol. The molecule has 1 aromatic carbocycles. The van der Waals surface area contributed by atoms with Gasteiger partial charge in [0, 0.05) is 0 Å². The third kappa shape index (κ3) is 2.83. The highest BCUT2D eigenvalue weighted by Gasteiger charge is 2.14. The lowest BCUT2D eigenvalue weighted by Crippen LogP contribution is -2.23. The lowest BCUT2D eigenvalue weighted by molar-refractivity contribution is 0.252. The van der Waals surface area contributed by atoms with E-state index in [4.69, 9.17) is 12.2 Å². The van der Waals surface area contributed by atoms with Crippen LogP contribution in [0.3, 0.4) is 0 Å². The van der Waals surface area contributed by atoms with Crippen molar-refractivity contribution in [3.8, 4) is 0 Å². The highest BCUT2D eigenvalue weighted by molar-refractivity contribution is 7.71. The number of rotatable bonds is 4. The van der Waals surface area contributed by atoms with Crippen LogP contribution in [0.5, 0.6) is 0 Å². The first-order valence-corrected chi connectivity index (χ1v) is 7.55. The molecule has 1 aromatic heterocycles. The molecule has 1 aliphatic rings. The van der Waals surface area contributed by atoms with E-state index in [1.54, 1.807) is 0 Å². The van der Waals surface area contributed by atoms with E-state index in [1.165, 1.54) is 18.4 Å². The van der Waals surface area contributed by atoms with Crippen LogP contribution in [0.1, 0.15) is 24.2 Å². The molecule has 3 rings (SSSR count). The zero-order chi connectivity index (χ0) is 13.9. The molecule has 20 heavy (non-hydrogen) atoms. The molecule has 1 saturated heterocycles. The van der Waals surface area contributed by atoms with Crippen molar-refractivity contribution < 1.29 is 0 Å². The van der Waals surface area contributed by atoms with Gasteiger partial charge in [0.05, 0.1) is 13.2 Å². The Morgan fingerprint density at radius 2 is 1.85 bits per heavy atom. The number of nitrogens with zero attached hydrogens (tertiary/aromatic N) is 4. The normalized spacial score (nSPS) is 15.8. The van der Waals surface area contributed by atoms with Gasteiger partial charge in [0.15, 0.2) is 4.77 Å². The number of hydrogen-bond acceptors (Lipinski definition) is 3. The minimum atomic E-state index is 0.797. The Balaban J connectivity index is 1.81. The highest BCUT2D eigenvalue weighted by atomic mass is 32.1. The van der Waals surface area contributed by atoms with E-state index in [-0.39, 0.29) is 0 Å². The Hall–Kier alpha value is -1.46. The first-order chi connectivity index (χ1) is 9.74. The van der Waals surface area contributed by atoms with Gasteiger partial charge in [-0.05, 0) is 50.6 Å². The standard InChI is InChI=1S/C15H20N4S/c1-13-16-19(12-17-9-5-6-10-17)15(20)18(13)11-14-7-3-2-4-8-14/h2-4,7-8H,5-6,9-12H2,1H3. The molecule has 0 bridgehead atoms. The van der Waals surface area contributed by atoms with Crippen LogP contribution < -0.4 is 0 Å². The number of benzene rings is 1. The molecule has 5 heteroatoms. The quantitative estimate of drug-likeness (QED) is 0.809. The summed E-state index contributed by atoms with van der Waals surface area (Å²) in [5, 5.41) is 4.60. The predicted octanol–water partition coefficient (Wildman–Crippen LogP) is 2.82. The lowest BCUT2D eigenvalue weighted by Gasteiger charge is -2.13. The fraction of sp³-hybridized carbons (Fsp3) is 0.467. The maximum Gasteiger partial charge on any atom is 0.199 e. The van der Waals surface area contributed by atoms with Gasteiger partial charge in [0.1, 0.15) is 5.82 Å². The van der Waals surface area contributed by atoms with Crippen molar-refractivity contribution in [3.05, 3.63) is 46.5 Å². The average Bonchev–Trinajstić information content (AvgIpc) is 3.05. The van der Waals surface area contributed by atoms with Crippen LogP contribution in [0.2, 0.25) is 0 Å². The lowest BCUT2D eigenvalue weighted by atomic mass is 10.2. The van der Waals surface area contributed by atoms with Crippen molar-refractivity contribution in [1.82, 2.24) is 19.2 Å². The van der Waals surface area contributed by atoms with Gasteiger partial charge < -0.3 is 0 Å². The van der Waals surface area contributed by atoms with Crippen LogP contribution >= 0.6 is 12.2 Å². The third-order valence-electron chi connectivity index (χ3n) is 3.82. The number of likely N-dealkylation sites (tertiary alicyclic amines) is 1. The Morgan fingerprint density at radius 3 is 2.55 bits per heavy atom. The summed E-state index contributed by atoms with van der Waals surface area (Å²) < 4.78 is 4.89. The smallest absolute Gasteiger partial charge is 0.199 e. The van der Waals surface area contributed by atoms with Crippen LogP contribution in [0.25, 0.3) is 0 Å². The van der Waals surface area contributed by atoms with Crippen LogP contribution in [0.15, 0.2) is 30.3 Å². The van der Waals surface area contributed by atoms with Crippen LogP contribution in [-0.4, -0.2) is 32.3 Å². The second kappa shape index (κ2) is 5.89. The summed E-state index contributed by atoms with van der Waals surface area (Å²) in [5.74, 6) is 0.984. The molecule has 2 aromatic rings. The SMILES string of the molecule is Cc1nn(CN2CCCC2)c(=S)n1Cc1ccccc1. The molecule has 0 N–H and O–H groups in total. The maximum absolute atomic E-state index is 5.58. The molecule has 106 valence electrons. The summed E-state index contributed by atoms with van der Waals surface area (Å²) in [5.41, 5.74) is 1.26. The van der Waals surface area contributed by atoms with Crippen molar-refractivity contribution >= 4 is 12.2 Å². The van der Waals surface area contributed by atoms with Crippen molar-refractivity contribution in [1.29, 1.82) is 0 Å². The van der Waals surface area contributed by atoms with Crippen LogP contribution in [-0.2, 0) is 13.2 Å². The van der Waals surface area contributed by atoms with Gasteiger partial charge in [-0.2, -0.15) is 5.10 Å². The topological polar surface area (TPSA) is 26.0 Å². The van der Waals surface area contributed by atoms with Crippen LogP contribution in [0.4, 0.5) is 0 Å². The van der Waals surface area contributed by atoms with E-state index in [1.807, 2.05) is 17.7 Å². The van der Waals surface area contributed by atoms with E-state index in [2.05, 4.69) is 38.8 Å². The summed E-state index contributed by atoms with van der Waals surface area (Å²) in [4.78, 5) is 2.41. The molecule has 1 aliphatic heterocycles. The Kier molecular flexibility index (Phi) is 3.98. The van der Waals surface area contributed by atoms with E-state index < -0.39 is 0 Å². The van der Waals surface area contributed by atoms with Gasteiger partial charge in [-0.15, -0.1) is 0 Å². The zero-order valence-electron chi connectivity index (χ0n) is 11.8. The Morgan fingerprint density at radius 1 is 1.15 bits per heavy atom. The monoisotopic (exact) mass is 288 g/mol. The van der Waals surface area contributed by atoms with Crippen molar-refractivity contribution in [2.75, 3.05) is 13.1 Å². The summed E-state index contributed by atoms with van der Waals surface area (Å²) in [6.45, 7) is 5.96. The summed E-state index contributed by atoms with van der Waals surface area (Å²) in [7, 11) is 0. The Bertz CT molecular complexity index is 623. The minimum absolute atomic E-state index is 0.797. The molecule has 2 heterocycles. The van der Waals surface area contributed by atoms with E-state index in [0.717, 1.165) is 36.9 Å². The summed E-state index contributed by atoms with van der Waals surface area (Å²) in [6.07, 6.45) is 2.58. The second-order valence-electron chi connectivity index (χ2n) is 5.37. The third-order valence-corrected chi connectivity index (χ3v) is 4.26. The van der Waals surface area contributed by atoms with E-state index in [0.29, 0.717) is 0 Å². The molecule has 0 amide bonds. The van der Waals surface area contributed by atoms with Gasteiger partial charge in [0.2, 0.25) is 0 Å². The van der Waals surface area contributed by atoms with Gasteiger partial charge in [0.25, 0.3) is 0 Å². The molecule has 0 spiro atoms.